The van der Waals surface area contributed by atoms with Crippen molar-refractivity contribution in [1.29, 1.82) is 0 Å². The molecule has 0 aromatic rings. The Labute approximate surface area is 114 Å². The molecule has 4 atom stereocenters. The third-order valence-electron chi connectivity index (χ3n) is 3.53. The quantitative estimate of drug-likeness (QED) is 0.543. The van der Waals surface area contributed by atoms with Gasteiger partial charge in [0.15, 0.2) is 0 Å². The number of likely N-dealkylation sites (N-methyl/N-ethyl adjacent to an activating group) is 1. The molecule has 0 saturated carbocycles. The van der Waals surface area contributed by atoms with Gasteiger partial charge < -0.3 is 15.7 Å². The number of rotatable bonds is 6. The lowest BCUT2D eigenvalue weighted by molar-refractivity contribution is -0.139. The summed E-state index contributed by atoms with van der Waals surface area (Å²) >= 11 is 0. The topological polar surface area (TPSA) is 90.5 Å². The van der Waals surface area contributed by atoms with E-state index in [-0.39, 0.29) is 24.0 Å². The van der Waals surface area contributed by atoms with Crippen molar-refractivity contribution in [3.8, 4) is 0 Å². The van der Waals surface area contributed by atoms with Gasteiger partial charge in [-0.2, -0.15) is 0 Å². The first kappa shape index (κ1) is 15.9. The first-order valence-electron chi connectivity index (χ1n) is 6.78. The molecule has 1 aliphatic rings. The summed E-state index contributed by atoms with van der Waals surface area (Å²) in [5, 5.41) is 18.3. The molecule has 1 aliphatic heterocycles. The maximum atomic E-state index is 11.3. The number of carboxylic acids is 1. The fraction of sp³-hybridized carbons (Fsp3) is 0.846. The number of carbonyl (C=O) groups is 2. The summed E-state index contributed by atoms with van der Waals surface area (Å²) in [6.45, 7) is 5.67. The zero-order chi connectivity index (χ0) is 14.6. The summed E-state index contributed by atoms with van der Waals surface area (Å²) in [6.07, 6.45) is 1.35. The van der Waals surface area contributed by atoms with Gasteiger partial charge in [0, 0.05) is 25.0 Å². The van der Waals surface area contributed by atoms with E-state index < -0.39 is 12.0 Å². The van der Waals surface area contributed by atoms with Crippen LogP contribution in [0.4, 0.5) is 0 Å². The fourth-order valence-electron chi connectivity index (χ4n) is 2.75. The van der Waals surface area contributed by atoms with Gasteiger partial charge in [-0.1, -0.05) is 13.8 Å². The second-order valence-electron chi connectivity index (χ2n) is 5.65. The molecule has 1 heterocycles. The lowest BCUT2D eigenvalue weighted by atomic mass is 9.93. The second kappa shape index (κ2) is 6.86. The minimum absolute atomic E-state index is 0.0525. The maximum Gasteiger partial charge on any atom is 0.320 e. The Bertz CT molecular complexity index is 333. The van der Waals surface area contributed by atoms with Crippen LogP contribution in [0.3, 0.4) is 0 Å². The van der Waals surface area contributed by atoms with E-state index in [0.29, 0.717) is 12.3 Å². The zero-order valence-electron chi connectivity index (χ0n) is 12.1. The number of aliphatic carboxylic acids is 1. The molecule has 19 heavy (non-hydrogen) atoms. The molecule has 0 bridgehead atoms. The van der Waals surface area contributed by atoms with E-state index in [9.17, 15) is 9.59 Å². The predicted octanol–water partition coefficient (Wildman–Crippen LogP) is -0.0597. The smallest absolute Gasteiger partial charge is 0.320 e. The maximum absolute atomic E-state index is 11.3. The molecule has 1 amide bonds. The molecule has 0 radical (unpaired) electrons. The van der Waals surface area contributed by atoms with Gasteiger partial charge in [-0.25, -0.2) is 0 Å². The Morgan fingerprint density at radius 2 is 2.05 bits per heavy atom. The predicted molar refractivity (Wildman–Crippen MR) is 72.9 cm³/mol. The lowest BCUT2D eigenvalue weighted by Crippen LogP contribution is -2.55. The van der Waals surface area contributed by atoms with Crippen molar-refractivity contribution in [3.05, 3.63) is 0 Å². The number of carboxylic acid groups (broad SMARTS) is 1. The molecular weight excluding hydrogens is 246 g/mol. The summed E-state index contributed by atoms with van der Waals surface area (Å²) in [5.74, 6) is -0.491. The largest absolute Gasteiger partial charge is 0.480 e. The highest BCUT2D eigenvalue weighted by Gasteiger charge is 2.40. The number of hydrogen-bond acceptors (Lipinski definition) is 4. The normalized spacial score (nSPS) is 28.4. The lowest BCUT2D eigenvalue weighted by Gasteiger charge is -2.30. The molecule has 0 aromatic heterocycles. The highest BCUT2D eigenvalue weighted by Crippen LogP contribution is 2.20. The Balaban J connectivity index is 2.80. The first-order chi connectivity index (χ1) is 8.85. The van der Waals surface area contributed by atoms with E-state index in [2.05, 4.69) is 29.8 Å². The van der Waals surface area contributed by atoms with Gasteiger partial charge in [0.25, 0.3) is 0 Å². The Morgan fingerprint density at radius 1 is 1.42 bits per heavy atom. The summed E-state index contributed by atoms with van der Waals surface area (Å²) < 4.78 is 0. The van der Waals surface area contributed by atoms with Crippen molar-refractivity contribution < 1.29 is 14.7 Å². The molecule has 1 rings (SSSR count). The third kappa shape index (κ3) is 4.47. The van der Waals surface area contributed by atoms with Crippen molar-refractivity contribution >= 4 is 11.9 Å². The minimum Gasteiger partial charge on any atom is -0.480 e. The molecule has 0 spiro atoms. The summed E-state index contributed by atoms with van der Waals surface area (Å²) in [7, 11) is 1.82. The van der Waals surface area contributed by atoms with Crippen molar-refractivity contribution in [2.24, 2.45) is 5.92 Å². The van der Waals surface area contributed by atoms with Crippen molar-refractivity contribution in [1.82, 2.24) is 16.0 Å². The number of carbonyl (C=O) groups excluding carboxylic acids is 1. The van der Waals surface area contributed by atoms with Crippen molar-refractivity contribution in [3.63, 3.8) is 0 Å². The van der Waals surface area contributed by atoms with Crippen LogP contribution < -0.4 is 16.0 Å². The minimum atomic E-state index is -0.839. The van der Waals surface area contributed by atoms with Gasteiger partial charge in [0.1, 0.15) is 6.04 Å². The zero-order valence-corrected chi connectivity index (χ0v) is 12.1. The van der Waals surface area contributed by atoms with Gasteiger partial charge >= 0.3 is 5.97 Å². The molecule has 6 nitrogen and oxygen atoms in total. The molecule has 110 valence electrons. The molecule has 4 N–H and O–H groups in total. The SMILES string of the molecule is CN[C@@H]1C[C@H](C(=O)O)N[C@@H]1[C@H](CC(C)C)NC(C)=O. The summed E-state index contributed by atoms with van der Waals surface area (Å²) in [4.78, 5) is 22.4. The molecule has 0 aliphatic carbocycles. The number of nitrogens with one attached hydrogen (secondary N) is 3. The van der Waals surface area contributed by atoms with Crippen LogP contribution in [0, 0.1) is 5.92 Å². The van der Waals surface area contributed by atoms with Gasteiger partial charge in [-0.15, -0.1) is 0 Å². The van der Waals surface area contributed by atoms with Gasteiger partial charge in [0.2, 0.25) is 5.91 Å². The molecule has 0 unspecified atom stereocenters. The van der Waals surface area contributed by atoms with Crippen LogP contribution in [0.1, 0.15) is 33.6 Å². The molecule has 0 aromatic carbocycles. The van der Waals surface area contributed by atoms with E-state index in [4.69, 9.17) is 5.11 Å². The Kier molecular flexibility index (Phi) is 5.75. The second-order valence-corrected chi connectivity index (χ2v) is 5.65. The van der Waals surface area contributed by atoms with Gasteiger partial charge in [0.05, 0.1) is 0 Å². The Morgan fingerprint density at radius 3 is 2.47 bits per heavy atom. The van der Waals surface area contributed by atoms with Crippen LogP contribution in [0.5, 0.6) is 0 Å². The molecular formula is C13H25N3O3. The Hall–Kier alpha value is -1.14. The fourth-order valence-corrected chi connectivity index (χ4v) is 2.75. The van der Waals surface area contributed by atoms with E-state index in [1.165, 1.54) is 6.92 Å². The van der Waals surface area contributed by atoms with Crippen LogP contribution >= 0.6 is 0 Å². The first-order valence-corrected chi connectivity index (χ1v) is 6.78. The van der Waals surface area contributed by atoms with Crippen LogP contribution in [0.2, 0.25) is 0 Å². The number of amides is 1. The van der Waals surface area contributed by atoms with Crippen molar-refractivity contribution in [2.75, 3.05) is 7.05 Å². The standard InChI is InChI=1S/C13H25N3O3/c1-7(2)5-10(15-8(3)17)12-9(14-4)6-11(16-12)13(18)19/h7,9-12,14,16H,5-6H2,1-4H3,(H,15,17)(H,18,19)/t9-,10+,11-,12+/m1/s1. The van der Waals surface area contributed by atoms with E-state index in [0.717, 1.165) is 6.42 Å². The van der Waals surface area contributed by atoms with Crippen LogP contribution in [0.25, 0.3) is 0 Å². The van der Waals surface area contributed by atoms with E-state index >= 15 is 0 Å². The molecule has 1 saturated heterocycles. The van der Waals surface area contributed by atoms with Crippen LogP contribution in [0.15, 0.2) is 0 Å². The number of hydrogen-bond donors (Lipinski definition) is 4. The molecule has 6 heteroatoms. The van der Waals surface area contributed by atoms with Gasteiger partial charge in [-0.05, 0) is 25.8 Å². The summed E-state index contributed by atoms with van der Waals surface area (Å²) in [5.41, 5.74) is 0. The van der Waals surface area contributed by atoms with Gasteiger partial charge in [-0.3, -0.25) is 14.9 Å². The van der Waals surface area contributed by atoms with Crippen LogP contribution in [-0.4, -0.2) is 48.2 Å². The van der Waals surface area contributed by atoms with E-state index in [1.54, 1.807) is 0 Å². The highest BCUT2D eigenvalue weighted by molar-refractivity contribution is 5.75. The average Bonchev–Trinajstić information content (AvgIpc) is 2.70. The van der Waals surface area contributed by atoms with Crippen molar-refractivity contribution in [2.45, 2.75) is 57.8 Å². The van der Waals surface area contributed by atoms with Crippen LogP contribution in [-0.2, 0) is 9.59 Å². The third-order valence-corrected chi connectivity index (χ3v) is 3.53. The monoisotopic (exact) mass is 271 g/mol. The van der Waals surface area contributed by atoms with E-state index in [1.807, 2.05) is 7.05 Å². The molecule has 1 fully saturated rings. The summed E-state index contributed by atoms with van der Waals surface area (Å²) in [6, 6.07) is -0.612. The average molecular weight is 271 g/mol. The highest BCUT2D eigenvalue weighted by atomic mass is 16.4.